The Morgan fingerprint density at radius 3 is 2.65 bits per heavy atom. The van der Waals surface area contributed by atoms with Gasteiger partial charge in [0.2, 0.25) is 0 Å². The van der Waals surface area contributed by atoms with Gasteiger partial charge < -0.3 is 10.4 Å². The van der Waals surface area contributed by atoms with E-state index >= 15 is 0 Å². The van der Waals surface area contributed by atoms with Crippen LogP contribution in [0.15, 0.2) is 42.5 Å². The Kier molecular flexibility index (Phi) is 6.37. The topological polar surface area (TPSA) is 49.3 Å². The summed E-state index contributed by atoms with van der Waals surface area (Å²) in [5, 5.41) is 12.9. The van der Waals surface area contributed by atoms with E-state index in [1.807, 2.05) is 50.2 Å². The number of benzene rings is 2. The molecule has 3 nitrogen and oxygen atoms in total. The molecular weight excluding hydrogens is 330 g/mol. The van der Waals surface area contributed by atoms with Crippen LogP contribution in [-0.4, -0.2) is 22.2 Å². The van der Waals surface area contributed by atoms with Gasteiger partial charge in [0.05, 0.1) is 16.1 Å². The van der Waals surface area contributed by atoms with E-state index in [-0.39, 0.29) is 11.1 Å². The van der Waals surface area contributed by atoms with Crippen molar-refractivity contribution in [2.24, 2.45) is 0 Å². The van der Waals surface area contributed by atoms with E-state index in [9.17, 15) is 4.79 Å². The van der Waals surface area contributed by atoms with Crippen molar-refractivity contribution in [2.75, 3.05) is 11.1 Å². The van der Waals surface area contributed by atoms with Gasteiger partial charge in [-0.1, -0.05) is 55.8 Å². The van der Waals surface area contributed by atoms with Gasteiger partial charge in [-0.25, -0.2) is 0 Å². The summed E-state index contributed by atoms with van der Waals surface area (Å²) < 4.78 is 0. The molecule has 1 aliphatic rings. The van der Waals surface area contributed by atoms with Gasteiger partial charge in [-0.05, 0) is 23.3 Å². The molecule has 1 atom stereocenters. The first-order valence-electron chi connectivity index (χ1n) is 7.61. The Morgan fingerprint density at radius 1 is 1.30 bits per heavy atom. The maximum Gasteiger partial charge on any atom is 0.313 e. The molecule has 1 heterocycles. The van der Waals surface area contributed by atoms with Crippen LogP contribution in [0.5, 0.6) is 0 Å². The lowest BCUT2D eigenvalue weighted by Crippen LogP contribution is -2.13. The number of fused-ring (bicyclic) bond motifs is 1. The van der Waals surface area contributed by atoms with Crippen molar-refractivity contribution in [1.82, 2.24) is 0 Å². The molecule has 3 rings (SSSR count). The van der Waals surface area contributed by atoms with Crippen molar-refractivity contribution in [3.63, 3.8) is 0 Å². The molecule has 1 unspecified atom stereocenters. The number of carboxylic acids is 1. The van der Waals surface area contributed by atoms with E-state index in [0.29, 0.717) is 5.02 Å². The van der Waals surface area contributed by atoms with Gasteiger partial charge in [-0.15, -0.1) is 11.8 Å². The number of carbonyl (C=O) groups is 1. The minimum absolute atomic E-state index is 0.0955. The lowest BCUT2D eigenvalue weighted by molar-refractivity contribution is -0.133. The summed E-state index contributed by atoms with van der Waals surface area (Å²) >= 11 is 7.78. The van der Waals surface area contributed by atoms with Crippen LogP contribution in [0.25, 0.3) is 11.1 Å². The Morgan fingerprint density at radius 2 is 2.00 bits per heavy atom. The van der Waals surface area contributed by atoms with Gasteiger partial charge in [0, 0.05) is 17.7 Å². The number of nitrogens with one attached hydrogen (secondary N) is 1. The SMILES string of the molecule is CC.O=C(O)CSC1Cc2cc(-c3ccccc3)c(Cl)cc2N1. The number of rotatable bonds is 4. The molecule has 0 saturated carbocycles. The van der Waals surface area contributed by atoms with Crippen LogP contribution in [0.2, 0.25) is 5.02 Å². The summed E-state index contributed by atoms with van der Waals surface area (Å²) in [6.45, 7) is 4.00. The molecule has 23 heavy (non-hydrogen) atoms. The number of halogens is 1. The zero-order valence-electron chi connectivity index (χ0n) is 13.2. The zero-order valence-corrected chi connectivity index (χ0v) is 14.7. The average molecular weight is 350 g/mol. The van der Waals surface area contributed by atoms with Crippen molar-refractivity contribution in [2.45, 2.75) is 25.6 Å². The number of anilines is 1. The van der Waals surface area contributed by atoms with Gasteiger partial charge in [-0.3, -0.25) is 4.79 Å². The van der Waals surface area contributed by atoms with Crippen molar-refractivity contribution in [1.29, 1.82) is 0 Å². The lowest BCUT2D eigenvalue weighted by atomic mass is 10.0. The Hall–Kier alpha value is -1.65. The first-order valence-corrected chi connectivity index (χ1v) is 9.04. The third-order valence-corrected chi connectivity index (χ3v) is 4.82. The van der Waals surface area contributed by atoms with Crippen LogP contribution in [0.3, 0.4) is 0 Å². The summed E-state index contributed by atoms with van der Waals surface area (Å²) in [5.74, 6) is -0.689. The minimum atomic E-state index is -0.791. The van der Waals surface area contributed by atoms with Crippen LogP contribution in [0.4, 0.5) is 5.69 Å². The fourth-order valence-corrected chi connectivity index (χ4v) is 3.58. The first-order chi connectivity index (χ1) is 11.1. The molecule has 0 bridgehead atoms. The van der Waals surface area contributed by atoms with Crippen LogP contribution in [-0.2, 0) is 11.2 Å². The van der Waals surface area contributed by atoms with Crippen LogP contribution in [0, 0.1) is 0 Å². The highest BCUT2D eigenvalue weighted by Crippen LogP contribution is 2.38. The van der Waals surface area contributed by atoms with Gasteiger partial charge in [0.1, 0.15) is 0 Å². The molecule has 2 N–H and O–H groups in total. The molecule has 0 fully saturated rings. The third-order valence-electron chi connectivity index (χ3n) is 3.41. The fourth-order valence-electron chi connectivity index (χ4n) is 2.46. The number of aliphatic carboxylic acids is 1. The highest BCUT2D eigenvalue weighted by molar-refractivity contribution is 8.00. The monoisotopic (exact) mass is 349 g/mol. The largest absolute Gasteiger partial charge is 0.481 e. The summed E-state index contributed by atoms with van der Waals surface area (Å²) in [4.78, 5) is 10.7. The Balaban J connectivity index is 0.000000924. The smallest absolute Gasteiger partial charge is 0.313 e. The quantitative estimate of drug-likeness (QED) is 0.801. The van der Waals surface area contributed by atoms with Crippen molar-refractivity contribution < 1.29 is 9.90 Å². The maximum atomic E-state index is 10.7. The minimum Gasteiger partial charge on any atom is -0.481 e. The number of hydrogen-bond donors (Lipinski definition) is 2. The van der Waals surface area contributed by atoms with Crippen molar-refractivity contribution >= 4 is 35.0 Å². The summed E-state index contributed by atoms with van der Waals surface area (Å²) in [7, 11) is 0. The van der Waals surface area contributed by atoms with E-state index in [1.54, 1.807) is 0 Å². The normalized spacial score (nSPS) is 15.2. The highest BCUT2D eigenvalue weighted by atomic mass is 35.5. The molecule has 0 saturated heterocycles. The van der Waals surface area contributed by atoms with Crippen LogP contribution >= 0.6 is 23.4 Å². The molecule has 122 valence electrons. The highest BCUT2D eigenvalue weighted by Gasteiger charge is 2.23. The summed E-state index contributed by atoms with van der Waals surface area (Å²) in [6.07, 6.45) is 0.810. The Bertz CT molecular complexity index is 676. The molecule has 2 aromatic carbocycles. The number of hydrogen-bond acceptors (Lipinski definition) is 3. The van der Waals surface area contributed by atoms with E-state index in [4.69, 9.17) is 16.7 Å². The van der Waals surface area contributed by atoms with E-state index in [0.717, 1.165) is 23.2 Å². The zero-order chi connectivity index (χ0) is 16.8. The summed E-state index contributed by atoms with van der Waals surface area (Å²) in [6, 6.07) is 14.1. The average Bonchev–Trinajstić information content (AvgIpc) is 2.96. The molecule has 0 aromatic heterocycles. The fraction of sp³-hybridized carbons (Fsp3) is 0.278. The molecular formula is C18H20ClNO2S. The third kappa shape index (κ3) is 4.43. The lowest BCUT2D eigenvalue weighted by Gasteiger charge is -2.09. The van der Waals surface area contributed by atoms with Gasteiger partial charge in [0.15, 0.2) is 0 Å². The maximum absolute atomic E-state index is 10.7. The second kappa shape index (κ2) is 8.27. The molecule has 0 spiro atoms. The molecule has 5 heteroatoms. The van der Waals surface area contributed by atoms with Crippen molar-refractivity contribution in [3.8, 4) is 11.1 Å². The molecule has 2 aromatic rings. The molecule has 0 radical (unpaired) electrons. The number of carboxylic acid groups (broad SMARTS) is 1. The van der Waals surface area contributed by atoms with E-state index in [1.165, 1.54) is 17.3 Å². The van der Waals surface area contributed by atoms with Crippen LogP contribution < -0.4 is 5.32 Å². The van der Waals surface area contributed by atoms with Gasteiger partial charge >= 0.3 is 5.97 Å². The van der Waals surface area contributed by atoms with Crippen LogP contribution in [0.1, 0.15) is 19.4 Å². The van der Waals surface area contributed by atoms with Gasteiger partial charge in [-0.2, -0.15) is 0 Å². The van der Waals surface area contributed by atoms with E-state index < -0.39 is 5.97 Å². The summed E-state index contributed by atoms with van der Waals surface area (Å²) in [5.41, 5.74) is 4.29. The van der Waals surface area contributed by atoms with Crippen molar-refractivity contribution in [3.05, 3.63) is 53.1 Å². The standard InChI is InChI=1S/C16H14ClNO2S.C2H6/c17-13-8-14-11(7-15(18-14)21-9-16(19)20)6-12(13)10-4-2-1-3-5-10;1-2/h1-6,8,15,18H,7,9H2,(H,19,20);1-2H3. The molecule has 1 aliphatic heterocycles. The Labute approximate surface area is 146 Å². The predicted octanol–water partition coefficient (Wildman–Crippen LogP) is 5.15. The second-order valence-electron chi connectivity index (χ2n) is 4.90. The first kappa shape index (κ1) is 17.7. The molecule has 0 amide bonds. The molecule has 0 aliphatic carbocycles. The van der Waals surface area contributed by atoms with E-state index in [2.05, 4.69) is 11.4 Å². The second-order valence-corrected chi connectivity index (χ2v) is 6.50. The van der Waals surface area contributed by atoms with Gasteiger partial charge in [0.25, 0.3) is 0 Å². The predicted molar refractivity (Wildman–Crippen MR) is 99.4 cm³/mol. The number of thioether (sulfide) groups is 1.